The Bertz CT molecular complexity index is 578. The Kier molecular flexibility index (Phi) is 4.93. The third-order valence-electron chi connectivity index (χ3n) is 3.40. The largest absolute Gasteiger partial charge is 0.398 e. The summed E-state index contributed by atoms with van der Waals surface area (Å²) in [6.45, 7) is 2.06. The molecule has 0 saturated heterocycles. The van der Waals surface area contributed by atoms with Crippen molar-refractivity contribution >= 4 is 27.5 Å². The average Bonchev–Trinajstić information content (AvgIpc) is 2.76. The molecule has 2 rings (SSSR count). The number of hydrogen-bond acceptors (Lipinski definition) is 4. The number of nitrogens with two attached hydrogens (primary N) is 1. The number of thioether (sulfide) groups is 1. The Labute approximate surface area is 123 Å². The van der Waals surface area contributed by atoms with E-state index in [4.69, 9.17) is 5.73 Å². The summed E-state index contributed by atoms with van der Waals surface area (Å²) in [5, 5.41) is 0.302. The van der Waals surface area contributed by atoms with E-state index in [1.54, 1.807) is 11.8 Å². The maximum atomic E-state index is 13.0. The second kappa shape index (κ2) is 6.32. The van der Waals surface area contributed by atoms with Crippen molar-refractivity contribution in [2.45, 2.75) is 42.4 Å². The minimum atomic E-state index is -3.70. The van der Waals surface area contributed by atoms with Crippen LogP contribution in [0.3, 0.4) is 0 Å². The summed E-state index contributed by atoms with van der Waals surface area (Å²) in [4.78, 5) is -0.0500. The number of benzene rings is 1. The fraction of sp³-hybridized carbons (Fsp3) is 0.538. The SMILES string of the molecule is CCSC1CCCC1NS(=O)(=O)c1ccc(F)cc1N. The predicted octanol–water partition coefficient (Wildman–Crippen LogP) is 2.36. The van der Waals surface area contributed by atoms with E-state index in [0.29, 0.717) is 5.25 Å². The number of sulfonamides is 1. The van der Waals surface area contributed by atoms with Gasteiger partial charge >= 0.3 is 0 Å². The van der Waals surface area contributed by atoms with Crippen LogP contribution in [0.4, 0.5) is 10.1 Å². The summed E-state index contributed by atoms with van der Waals surface area (Å²) in [6.07, 6.45) is 2.87. The van der Waals surface area contributed by atoms with Gasteiger partial charge in [-0.3, -0.25) is 0 Å². The summed E-state index contributed by atoms with van der Waals surface area (Å²) in [7, 11) is -3.70. The number of halogens is 1. The number of nitrogen functional groups attached to an aromatic ring is 1. The molecule has 0 amide bonds. The third-order valence-corrected chi connectivity index (χ3v) is 6.29. The maximum absolute atomic E-state index is 13.0. The van der Waals surface area contributed by atoms with E-state index >= 15 is 0 Å². The number of rotatable bonds is 5. The van der Waals surface area contributed by atoms with Crippen LogP contribution in [0.15, 0.2) is 23.1 Å². The van der Waals surface area contributed by atoms with Crippen LogP contribution in [-0.4, -0.2) is 25.5 Å². The molecule has 7 heteroatoms. The van der Waals surface area contributed by atoms with Gasteiger partial charge in [-0.1, -0.05) is 13.3 Å². The fourth-order valence-electron chi connectivity index (χ4n) is 2.50. The van der Waals surface area contributed by atoms with E-state index in [-0.39, 0.29) is 16.6 Å². The van der Waals surface area contributed by atoms with Gasteiger partial charge in [0.25, 0.3) is 0 Å². The molecule has 0 heterocycles. The predicted molar refractivity (Wildman–Crippen MR) is 80.7 cm³/mol. The van der Waals surface area contributed by atoms with Gasteiger partial charge in [0, 0.05) is 11.3 Å². The first kappa shape index (κ1) is 15.6. The Morgan fingerprint density at radius 2 is 2.20 bits per heavy atom. The zero-order valence-corrected chi connectivity index (χ0v) is 12.9. The fourth-order valence-corrected chi connectivity index (χ4v) is 5.21. The highest BCUT2D eigenvalue weighted by Gasteiger charge is 2.31. The van der Waals surface area contributed by atoms with Gasteiger partial charge in [0.15, 0.2) is 0 Å². The van der Waals surface area contributed by atoms with Crippen molar-refractivity contribution < 1.29 is 12.8 Å². The van der Waals surface area contributed by atoms with Gasteiger partial charge in [-0.15, -0.1) is 0 Å². The van der Waals surface area contributed by atoms with Crippen LogP contribution in [0.1, 0.15) is 26.2 Å². The second-order valence-corrected chi connectivity index (χ2v) is 8.03. The molecule has 112 valence electrons. The lowest BCUT2D eigenvalue weighted by Gasteiger charge is -2.20. The lowest BCUT2D eigenvalue weighted by molar-refractivity contribution is 0.555. The molecule has 1 aliphatic rings. The van der Waals surface area contributed by atoms with Gasteiger partial charge in [0.05, 0.1) is 5.69 Å². The van der Waals surface area contributed by atoms with Crippen LogP contribution in [0.2, 0.25) is 0 Å². The van der Waals surface area contributed by atoms with Crippen LogP contribution in [0.25, 0.3) is 0 Å². The molecule has 1 aliphatic carbocycles. The van der Waals surface area contributed by atoms with Crippen molar-refractivity contribution in [2.75, 3.05) is 11.5 Å². The van der Waals surface area contributed by atoms with E-state index < -0.39 is 15.8 Å². The van der Waals surface area contributed by atoms with Crippen LogP contribution in [-0.2, 0) is 10.0 Å². The lowest BCUT2D eigenvalue weighted by atomic mass is 10.3. The van der Waals surface area contributed by atoms with Gasteiger partial charge in [-0.2, -0.15) is 11.8 Å². The van der Waals surface area contributed by atoms with E-state index in [9.17, 15) is 12.8 Å². The molecule has 0 aromatic heterocycles. The Hall–Kier alpha value is -0.790. The first-order chi connectivity index (χ1) is 9.44. The van der Waals surface area contributed by atoms with Crippen molar-refractivity contribution in [3.05, 3.63) is 24.0 Å². The summed E-state index contributed by atoms with van der Waals surface area (Å²) < 4.78 is 40.4. The standard InChI is InChI=1S/C13H19FN2O2S2/c1-2-19-12-5-3-4-11(12)16-20(17,18)13-7-6-9(14)8-10(13)15/h6-8,11-12,16H,2-5,15H2,1H3. The molecule has 1 aromatic rings. The summed E-state index contributed by atoms with van der Waals surface area (Å²) in [5.41, 5.74) is 5.55. The maximum Gasteiger partial charge on any atom is 0.242 e. The molecule has 1 aromatic carbocycles. The van der Waals surface area contributed by atoms with Crippen molar-refractivity contribution in [1.82, 2.24) is 4.72 Å². The van der Waals surface area contributed by atoms with E-state index in [0.717, 1.165) is 37.1 Å². The van der Waals surface area contributed by atoms with E-state index in [1.807, 2.05) is 0 Å². The van der Waals surface area contributed by atoms with Crippen LogP contribution >= 0.6 is 11.8 Å². The van der Waals surface area contributed by atoms with Crippen LogP contribution in [0, 0.1) is 5.82 Å². The first-order valence-electron chi connectivity index (χ1n) is 6.63. The summed E-state index contributed by atoms with van der Waals surface area (Å²) in [5.74, 6) is 0.420. The van der Waals surface area contributed by atoms with Gasteiger partial charge in [0.1, 0.15) is 10.7 Å². The molecule has 0 spiro atoms. The van der Waals surface area contributed by atoms with Crippen molar-refractivity contribution in [2.24, 2.45) is 0 Å². The van der Waals surface area contributed by atoms with E-state index in [1.165, 1.54) is 6.07 Å². The number of hydrogen-bond donors (Lipinski definition) is 2. The Morgan fingerprint density at radius 1 is 1.45 bits per heavy atom. The van der Waals surface area contributed by atoms with Gasteiger partial charge in [-0.25, -0.2) is 17.5 Å². The molecule has 4 nitrogen and oxygen atoms in total. The van der Waals surface area contributed by atoms with Gasteiger partial charge < -0.3 is 5.73 Å². The molecule has 1 saturated carbocycles. The highest BCUT2D eigenvalue weighted by molar-refractivity contribution is 8.00. The molecule has 0 radical (unpaired) electrons. The monoisotopic (exact) mass is 318 g/mol. The van der Waals surface area contributed by atoms with E-state index in [2.05, 4.69) is 11.6 Å². The Morgan fingerprint density at radius 3 is 2.85 bits per heavy atom. The van der Waals surface area contributed by atoms with Gasteiger partial charge in [-0.05, 0) is 36.8 Å². The summed E-state index contributed by atoms with van der Waals surface area (Å²) in [6, 6.07) is 3.28. The molecular formula is C13H19FN2O2S2. The minimum absolute atomic E-state index is 0.0500. The normalized spacial score (nSPS) is 23.1. The molecule has 2 unspecified atom stereocenters. The Balaban J connectivity index is 2.18. The topological polar surface area (TPSA) is 72.2 Å². The minimum Gasteiger partial charge on any atom is -0.398 e. The van der Waals surface area contributed by atoms with Crippen LogP contribution in [0.5, 0.6) is 0 Å². The highest BCUT2D eigenvalue weighted by Crippen LogP contribution is 2.31. The quantitative estimate of drug-likeness (QED) is 0.818. The number of anilines is 1. The lowest BCUT2D eigenvalue weighted by Crippen LogP contribution is -2.39. The van der Waals surface area contributed by atoms with Crippen molar-refractivity contribution in [3.8, 4) is 0 Å². The van der Waals surface area contributed by atoms with Crippen molar-refractivity contribution in [1.29, 1.82) is 0 Å². The summed E-state index contributed by atoms with van der Waals surface area (Å²) >= 11 is 1.77. The average molecular weight is 318 g/mol. The van der Waals surface area contributed by atoms with Crippen LogP contribution < -0.4 is 10.5 Å². The smallest absolute Gasteiger partial charge is 0.242 e. The molecule has 3 N–H and O–H groups in total. The molecule has 2 atom stereocenters. The third kappa shape index (κ3) is 3.45. The number of nitrogens with one attached hydrogen (secondary N) is 1. The molecular weight excluding hydrogens is 299 g/mol. The van der Waals surface area contributed by atoms with Gasteiger partial charge in [0.2, 0.25) is 10.0 Å². The zero-order valence-electron chi connectivity index (χ0n) is 11.3. The second-order valence-electron chi connectivity index (χ2n) is 4.83. The molecule has 1 fully saturated rings. The highest BCUT2D eigenvalue weighted by atomic mass is 32.2. The molecule has 0 aliphatic heterocycles. The van der Waals surface area contributed by atoms with Crippen molar-refractivity contribution in [3.63, 3.8) is 0 Å². The molecule has 20 heavy (non-hydrogen) atoms. The molecule has 0 bridgehead atoms. The first-order valence-corrected chi connectivity index (χ1v) is 9.16. The zero-order chi connectivity index (χ0) is 14.8.